The average Bonchev–Trinajstić information content (AvgIpc) is 3.33. The summed E-state index contributed by atoms with van der Waals surface area (Å²) in [7, 11) is 0. The van der Waals surface area contributed by atoms with Crippen LogP contribution in [0.1, 0.15) is 41.3 Å². The third kappa shape index (κ3) is 3.79. The van der Waals surface area contributed by atoms with Gasteiger partial charge in [-0.15, -0.1) is 0 Å². The van der Waals surface area contributed by atoms with Gasteiger partial charge in [0.1, 0.15) is 5.76 Å². The Balaban J connectivity index is 1.28. The third-order valence-electron chi connectivity index (χ3n) is 4.76. The molecule has 0 spiro atoms. The molecule has 1 unspecified atom stereocenters. The number of benzene rings is 1. The fourth-order valence-corrected chi connectivity index (χ4v) is 3.38. The van der Waals surface area contributed by atoms with Crippen LogP contribution >= 0.6 is 0 Å². The van der Waals surface area contributed by atoms with Crippen LogP contribution in [0, 0.1) is 0 Å². The lowest BCUT2D eigenvalue weighted by Crippen LogP contribution is -2.38. The number of amides is 2. The van der Waals surface area contributed by atoms with E-state index in [2.05, 4.69) is 27.8 Å². The van der Waals surface area contributed by atoms with Gasteiger partial charge in [-0.2, -0.15) is 0 Å². The second kappa shape index (κ2) is 7.47. The zero-order valence-corrected chi connectivity index (χ0v) is 14.5. The maximum Gasteiger partial charge on any atom is 0.315 e. The van der Waals surface area contributed by atoms with Gasteiger partial charge in [0.25, 0.3) is 0 Å². The normalized spacial score (nSPS) is 16.1. The van der Waals surface area contributed by atoms with E-state index in [1.54, 1.807) is 18.8 Å². The van der Waals surface area contributed by atoms with Crippen LogP contribution < -0.4 is 10.6 Å². The standard InChI is InChI=1S/C20H22N4O2/c25-20(23-18-2-1-3-19-17(18)8-11-26-19)22-12-15-4-6-16(7-5-15)13-24-10-9-21-14-24/h4-11,14,18H,1-3,12-13H2,(H2,22,23,25). The summed E-state index contributed by atoms with van der Waals surface area (Å²) in [5, 5.41) is 5.99. The highest BCUT2D eigenvalue weighted by atomic mass is 16.3. The first-order chi connectivity index (χ1) is 12.8. The molecular weight excluding hydrogens is 328 g/mol. The molecule has 2 N–H and O–H groups in total. The van der Waals surface area contributed by atoms with Crippen LogP contribution in [0.3, 0.4) is 0 Å². The van der Waals surface area contributed by atoms with E-state index >= 15 is 0 Å². The number of urea groups is 1. The predicted molar refractivity (Wildman–Crippen MR) is 97.5 cm³/mol. The zero-order valence-electron chi connectivity index (χ0n) is 14.5. The lowest BCUT2D eigenvalue weighted by molar-refractivity contribution is 0.234. The number of carbonyl (C=O) groups is 1. The van der Waals surface area contributed by atoms with E-state index in [1.807, 2.05) is 29.0 Å². The quantitative estimate of drug-likeness (QED) is 0.741. The molecule has 0 radical (unpaired) electrons. The van der Waals surface area contributed by atoms with E-state index < -0.39 is 0 Å². The van der Waals surface area contributed by atoms with Gasteiger partial charge in [-0.1, -0.05) is 24.3 Å². The SMILES string of the molecule is O=C(NCc1ccc(Cn2ccnc2)cc1)NC1CCCc2occc21. The van der Waals surface area contributed by atoms with E-state index in [1.165, 1.54) is 5.56 Å². The van der Waals surface area contributed by atoms with Crippen LogP contribution in [0.5, 0.6) is 0 Å². The number of fused-ring (bicyclic) bond motifs is 1. The van der Waals surface area contributed by atoms with Gasteiger partial charge in [-0.3, -0.25) is 0 Å². The van der Waals surface area contributed by atoms with Crippen molar-refractivity contribution in [1.29, 1.82) is 0 Å². The molecule has 0 saturated carbocycles. The van der Waals surface area contributed by atoms with Gasteiger partial charge in [0, 0.05) is 37.5 Å². The maximum absolute atomic E-state index is 12.2. The summed E-state index contributed by atoms with van der Waals surface area (Å²) in [6, 6.07) is 10.1. The molecule has 134 valence electrons. The van der Waals surface area contributed by atoms with Crippen molar-refractivity contribution in [2.75, 3.05) is 0 Å². The Kier molecular flexibility index (Phi) is 4.73. The molecule has 0 aliphatic heterocycles. The molecule has 0 bridgehead atoms. The Hall–Kier alpha value is -3.02. The minimum absolute atomic E-state index is 0.0371. The summed E-state index contributed by atoms with van der Waals surface area (Å²) < 4.78 is 7.49. The lowest BCUT2D eigenvalue weighted by Gasteiger charge is -2.22. The summed E-state index contributed by atoms with van der Waals surface area (Å²) >= 11 is 0. The van der Waals surface area contributed by atoms with Crippen molar-refractivity contribution in [1.82, 2.24) is 20.2 Å². The van der Waals surface area contributed by atoms with E-state index in [-0.39, 0.29) is 12.1 Å². The van der Waals surface area contributed by atoms with Gasteiger partial charge in [-0.25, -0.2) is 9.78 Å². The first-order valence-electron chi connectivity index (χ1n) is 8.92. The Bertz CT molecular complexity index is 852. The zero-order chi connectivity index (χ0) is 17.8. The molecule has 1 aliphatic rings. The summed E-state index contributed by atoms with van der Waals surface area (Å²) in [5.41, 5.74) is 3.38. The predicted octanol–water partition coefficient (Wildman–Crippen LogP) is 3.40. The number of furan rings is 1. The minimum atomic E-state index is -0.147. The number of nitrogens with one attached hydrogen (secondary N) is 2. The summed E-state index contributed by atoms with van der Waals surface area (Å²) in [5.74, 6) is 0.995. The smallest absolute Gasteiger partial charge is 0.315 e. The molecule has 4 rings (SSSR count). The number of nitrogens with zero attached hydrogens (tertiary/aromatic N) is 2. The summed E-state index contributed by atoms with van der Waals surface area (Å²) in [6.45, 7) is 1.30. The van der Waals surface area contributed by atoms with Crippen LogP contribution in [0.4, 0.5) is 4.79 Å². The molecule has 1 atom stereocenters. The first kappa shape index (κ1) is 16.4. The van der Waals surface area contributed by atoms with Gasteiger partial charge >= 0.3 is 6.03 Å². The topological polar surface area (TPSA) is 72.1 Å². The molecule has 26 heavy (non-hydrogen) atoms. The van der Waals surface area contributed by atoms with Crippen LogP contribution in [0.2, 0.25) is 0 Å². The van der Waals surface area contributed by atoms with Gasteiger partial charge in [0.15, 0.2) is 0 Å². The number of hydrogen-bond donors (Lipinski definition) is 2. The fraction of sp³-hybridized carbons (Fsp3) is 0.300. The van der Waals surface area contributed by atoms with Gasteiger partial charge < -0.3 is 19.6 Å². The Morgan fingerprint density at radius 3 is 2.88 bits per heavy atom. The third-order valence-corrected chi connectivity index (χ3v) is 4.76. The van der Waals surface area contributed by atoms with Crippen LogP contribution in [0.25, 0.3) is 0 Å². The average molecular weight is 350 g/mol. The summed E-state index contributed by atoms with van der Waals surface area (Å²) in [4.78, 5) is 16.3. The molecule has 0 fully saturated rings. The Labute approximate surface area is 152 Å². The molecule has 2 heterocycles. The molecule has 6 nitrogen and oxygen atoms in total. The number of imidazole rings is 1. The van der Waals surface area contributed by atoms with E-state index in [0.717, 1.165) is 42.7 Å². The first-order valence-corrected chi connectivity index (χ1v) is 8.92. The number of carbonyl (C=O) groups excluding carboxylic acids is 1. The largest absolute Gasteiger partial charge is 0.469 e. The van der Waals surface area contributed by atoms with Gasteiger partial charge in [-0.05, 0) is 30.0 Å². The molecule has 2 amide bonds. The maximum atomic E-state index is 12.2. The van der Waals surface area contributed by atoms with Gasteiger partial charge in [0.2, 0.25) is 0 Å². The Morgan fingerprint density at radius 2 is 2.08 bits per heavy atom. The minimum Gasteiger partial charge on any atom is -0.469 e. The monoisotopic (exact) mass is 350 g/mol. The molecule has 2 aromatic heterocycles. The van der Waals surface area contributed by atoms with Crippen molar-refractivity contribution >= 4 is 6.03 Å². The van der Waals surface area contributed by atoms with Crippen molar-refractivity contribution in [3.8, 4) is 0 Å². The highest BCUT2D eigenvalue weighted by molar-refractivity contribution is 5.74. The van der Waals surface area contributed by atoms with E-state index in [0.29, 0.717) is 6.54 Å². The number of hydrogen-bond acceptors (Lipinski definition) is 3. The second-order valence-corrected chi connectivity index (χ2v) is 6.62. The van der Waals surface area contributed by atoms with E-state index in [4.69, 9.17) is 4.42 Å². The molecular formula is C20H22N4O2. The molecule has 3 aromatic rings. The van der Waals surface area contributed by atoms with Crippen LogP contribution in [-0.2, 0) is 19.5 Å². The molecule has 6 heteroatoms. The Morgan fingerprint density at radius 1 is 1.23 bits per heavy atom. The molecule has 1 aromatic carbocycles. The van der Waals surface area contributed by atoms with Crippen molar-refractivity contribution in [3.63, 3.8) is 0 Å². The highest BCUT2D eigenvalue weighted by Crippen LogP contribution is 2.30. The summed E-state index contributed by atoms with van der Waals surface area (Å²) in [6.07, 6.45) is 10.1. The molecule has 0 saturated heterocycles. The van der Waals surface area contributed by atoms with Crippen molar-refractivity contribution in [2.24, 2.45) is 0 Å². The van der Waals surface area contributed by atoms with Crippen LogP contribution in [0.15, 0.2) is 59.7 Å². The number of aromatic nitrogens is 2. The van der Waals surface area contributed by atoms with Crippen molar-refractivity contribution in [3.05, 3.63) is 77.8 Å². The highest BCUT2D eigenvalue weighted by Gasteiger charge is 2.23. The number of rotatable bonds is 5. The number of aryl methyl sites for hydroxylation is 1. The molecule has 1 aliphatic carbocycles. The fourth-order valence-electron chi connectivity index (χ4n) is 3.38. The second-order valence-electron chi connectivity index (χ2n) is 6.62. The van der Waals surface area contributed by atoms with Crippen molar-refractivity contribution in [2.45, 2.75) is 38.4 Å². The van der Waals surface area contributed by atoms with Crippen molar-refractivity contribution < 1.29 is 9.21 Å². The van der Waals surface area contributed by atoms with Crippen LogP contribution in [-0.4, -0.2) is 15.6 Å². The van der Waals surface area contributed by atoms with E-state index in [9.17, 15) is 4.79 Å². The van der Waals surface area contributed by atoms with Gasteiger partial charge in [0.05, 0.1) is 18.6 Å². The lowest BCUT2D eigenvalue weighted by atomic mass is 9.93.